The summed E-state index contributed by atoms with van der Waals surface area (Å²) >= 11 is 0. The zero-order chi connectivity index (χ0) is 15.6. The molecule has 0 aliphatic rings. The van der Waals surface area contributed by atoms with Crippen LogP contribution >= 0.6 is 0 Å². The number of nitrogens with one attached hydrogen (secondary N) is 1. The van der Waals surface area contributed by atoms with E-state index in [1.54, 1.807) is 19.2 Å². The Morgan fingerprint density at radius 3 is 2.41 bits per heavy atom. The lowest BCUT2D eigenvalue weighted by Crippen LogP contribution is -2.30. The van der Waals surface area contributed by atoms with E-state index in [0.29, 0.717) is 18.0 Å². The minimum absolute atomic E-state index is 0.00822. The van der Waals surface area contributed by atoms with Crippen molar-refractivity contribution in [2.75, 3.05) is 20.3 Å². The second kappa shape index (κ2) is 8.72. The van der Waals surface area contributed by atoms with Gasteiger partial charge in [0, 0.05) is 6.54 Å². The quantitative estimate of drug-likeness (QED) is 0.763. The normalized spacial score (nSPS) is 10.0. The second-order valence-corrected chi connectivity index (χ2v) is 4.88. The fraction of sp³-hybridized carbons (Fsp3) is 0.278. The van der Waals surface area contributed by atoms with E-state index >= 15 is 0 Å². The molecule has 0 unspecified atom stereocenters. The number of rotatable bonds is 8. The lowest BCUT2D eigenvalue weighted by molar-refractivity contribution is -0.123. The van der Waals surface area contributed by atoms with Gasteiger partial charge in [0.15, 0.2) is 18.1 Å². The molecule has 0 saturated carbocycles. The number of amides is 1. The van der Waals surface area contributed by atoms with Gasteiger partial charge in [0.25, 0.3) is 5.91 Å². The van der Waals surface area contributed by atoms with Crippen molar-refractivity contribution >= 4 is 5.91 Å². The van der Waals surface area contributed by atoms with E-state index in [0.717, 1.165) is 12.8 Å². The summed E-state index contributed by atoms with van der Waals surface area (Å²) in [5.74, 6) is 1.07. The first-order chi connectivity index (χ1) is 10.8. The minimum Gasteiger partial charge on any atom is -0.493 e. The largest absolute Gasteiger partial charge is 0.493 e. The second-order valence-electron chi connectivity index (χ2n) is 4.88. The molecule has 0 atom stereocenters. The molecule has 2 aromatic rings. The van der Waals surface area contributed by atoms with Crippen LogP contribution in [0.2, 0.25) is 0 Å². The summed E-state index contributed by atoms with van der Waals surface area (Å²) in [7, 11) is 1.58. The van der Waals surface area contributed by atoms with Gasteiger partial charge in [0.2, 0.25) is 0 Å². The summed E-state index contributed by atoms with van der Waals surface area (Å²) in [6.07, 6.45) is 1.86. The van der Waals surface area contributed by atoms with Crippen LogP contribution in [0, 0.1) is 0 Å². The zero-order valence-corrected chi connectivity index (χ0v) is 12.7. The number of aryl methyl sites for hydroxylation is 1. The summed E-state index contributed by atoms with van der Waals surface area (Å²) in [6.45, 7) is 0.634. The van der Waals surface area contributed by atoms with Gasteiger partial charge in [-0.3, -0.25) is 4.79 Å². The first-order valence-corrected chi connectivity index (χ1v) is 7.36. The number of benzene rings is 2. The number of ether oxygens (including phenoxy) is 2. The van der Waals surface area contributed by atoms with E-state index in [-0.39, 0.29) is 12.5 Å². The van der Waals surface area contributed by atoms with Crippen LogP contribution in [0.15, 0.2) is 54.6 Å². The van der Waals surface area contributed by atoms with E-state index in [2.05, 4.69) is 17.4 Å². The number of para-hydroxylation sites is 2. The Hall–Kier alpha value is -2.49. The monoisotopic (exact) mass is 299 g/mol. The summed E-state index contributed by atoms with van der Waals surface area (Å²) in [6, 6.07) is 17.5. The van der Waals surface area contributed by atoms with E-state index in [1.807, 2.05) is 30.3 Å². The summed E-state index contributed by atoms with van der Waals surface area (Å²) in [4.78, 5) is 11.8. The molecule has 0 saturated heterocycles. The fourth-order valence-corrected chi connectivity index (χ4v) is 2.10. The van der Waals surface area contributed by atoms with Crippen LogP contribution in [0.25, 0.3) is 0 Å². The molecule has 0 aliphatic heterocycles. The smallest absolute Gasteiger partial charge is 0.257 e. The number of carbonyl (C=O) groups excluding carboxylic acids is 1. The van der Waals surface area contributed by atoms with Crippen molar-refractivity contribution in [2.45, 2.75) is 12.8 Å². The molecule has 4 heteroatoms. The third kappa shape index (κ3) is 5.13. The average molecular weight is 299 g/mol. The molecular weight excluding hydrogens is 278 g/mol. The molecule has 1 amide bonds. The van der Waals surface area contributed by atoms with Gasteiger partial charge in [-0.2, -0.15) is 0 Å². The molecule has 2 rings (SSSR count). The third-order valence-corrected chi connectivity index (χ3v) is 3.24. The minimum atomic E-state index is -0.126. The number of methoxy groups -OCH3 is 1. The zero-order valence-electron chi connectivity index (χ0n) is 12.7. The van der Waals surface area contributed by atoms with Crippen molar-refractivity contribution in [3.05, 3.63) is 60.2 Å². The van der Waals surface area contributed by atoms with Gasteiger partial charge in [-0.25, -0.2) is 0 Å². The highest BCUT2D eigenvalue weighted by Crippen LogP contribution is 2.25. The molecule has 0 radical (unpaired) electrons. The molecule has 0 heterocycles. The standard InChI is InChI=1S/C18H21NO3/c1-21-16-11-5-6-12-17(16)22-14-18(20)19-13-7-10-15-8-3-2-4-9-15/h2-6,8-9,11-12H,7,10,13-14H2,1H3,(H,19,20). The maximum Gasteiger partial charge on any atom is 0.257 e. The van der Waals surface area contributed by atoms with Gasteiger partial charge < -0.3 is 14.8 Å². The predicted octanol–water partition coefficient (Wildman–Crippen LogP) is 2.82. The van der Waals surface area contributed by atoms with Crippen LogP contribution in [0.3, 0.4) is 0 Å². The van der Waals surface area contributed by atoms with Crippen LogP contribution < -0.4 is 14.8 Å². The number of hydrogen-bond acceptors (Lipinski definition) is 3. The molecule has 0 aliphatic carbocycles. The van der Waals surface area contributed by atoms with Gasteiger partial charge in [-0.15, -0.1) is 0 Å². The Morgan fingerprint density at radius 1 is 1.00 bits per heavy atom. The predicted molar refractivity (Wildman–Crippen MR) is 86.3 cm³/mol. The van der Waals surface area contributed by atoms with Crippen molar-refractivity contribution in [3.63, 3.8) is 0 Å². The Bertz CT molecular complexity index is 584. The Morgan fingerprint density at radius 2 is 1.68 bits per heavy atom. The van der Waals surface area contributed by atoms with E-state index in [1.165, 1.54) is 5.56 Å². The fourth-order valence-electron chi connectivity index (χ4n) is 2.10. The highest BCUT2D eigenvalue weighted by Gasteiger charge is 2.06. The molecule has 0 bridgehead atoms. The molecule has 0 fully saturated rings. The molecule has 2 aromatic carbocycles. The van der Waals surface area contributed by atoms with Crippen molar-refractivity contribution < 1.29 is 14.3 Å². The first-order valence-electron chi connectivity index (χ1n) is 7.36. The molecule has 0 aromatic heterocycles. The average Bonchev–Trinajstić information content (AvgIpc) is 2.58. The molecule has 22 heavy (non-hydrogen) atoms. The van der Waals surface area contributed by atoms with Crippen LogP contribution in [-0.4, -0.2) is 26.2 Å². The van der Waals surface area contributed by atoms with Crippen molar-refractivity contribution in [2.24, 2.45) is 0 Å². The first kappa shape index (κ1) is 15.9. The highest BCUT2D eigenvalue weighted by molar-refractivity contribution is 5.77. The van der Waals surface area contributed by atoms with Gasteiger partial charge in [-0.1, -0.05) is 42.5 Å². The van der Waals surface area contributed by atoms with E-state index < -0.39 is 0 Å². The van der Waals surface area contributed by atoms with Crippen LogP contribution in [0.4, 0.5) is 0 Å². The molecule has 116 valence electrons. The highest BCUT2D eigenvalue weighted by atomic mass is 16.5. The number of hydrogen-bond donors (Lipinski definition) is 1. The lowest BCUT2D eigenvalue weighted by atomic mass is 10.1. The Balaban J connectivity index is 1.66. The van der Waals surface area contributed by atoms with Gasteiger partial charge in [-0.05, 0) is 30.5 Å². The molecule has 0 spiro atoms. The van der Waals surface area contributed by atoms with Gasteiger partial charge in [0.1, 0.15) is 0 Å². The summed E-state index contributed by atoms with van der Waals surface area (Å²) in [5.41, 5.74) is 1.28. The SMILES string of the molecule is COc1ccccc1OCC(=O)NCCCc1ccccc1. The van der Waals surface area contributed by atoms with Crippen LogP contribution in [0.5, 0.6) is 11.5 Å². The topological polar surface area (TPSA) is 47.6 Å². The van der Waals surface area contributed by atoms with E-state index in [9.17, 15) is 4.79 Å². The Labute approximate surface area is 131 Å². The van der Waals surface area contributed by atoms with E-state index in [4.69, 9.17) is 9.47 Å². The van der Waals surface area contributed by atoms with Crippen molar-refractivity contribution in [1.82, 2.24) is 5.32 Å². The maximum atomic E-state index is 11.8. The lowest BCUT2D eigenvalue weighted by Gasteiger charge is -2.10. The third-order valence-electron chi connectivity index (χ3n) is 3.24. The van der Waals surface area contributed by atoms with Gasteiger partial charge in [0.05, 0.1) is 7.11 Å². The maximum absolute atomic E-state index is 11.8. The van der Waals surface area contributed by atoms with Gasteiger partial charge >= 0.3 is 0 Å². The molecular formula is C18H21NO3. The van der Waals surface area contributed by atoms with Crippen molar-refractivity contribution in [1.29, 1.82) is 0 Å². The Kier molecular flexibility index (Phi) is 6.30. The number of carbonyl (C=O) groups is 1. The van der Waals surface area contributed by atoms with Crippen LogP contribution in [0.1, 0.15) is 12.0 Å². The molecule has 4 nitrogen and oxygen atoms in total. The van der Waals surface area contributed by atoms with Crippen LogP contribution in [-0.2, 0) is 11.2 Å². The molecule has 1 N–H and O–H groups in total. The van der Waals surface area contributed by atoms with Crippen molar-refractivity contribution in [3.8, 4) is 11.5 Å². The summed E-state index contributed by atoms with van der Waals surface area (Å²) in [5, 5.41) is 2.86. The summed E-state index contributed by atoms with van der Waals surface area (Å²) < 4.78 is 10.6.